The molecule has 13 nitrogen and oxygen atoms in total. The lowest BCUT2D eigenvalue weighted by Gasteiger charge is -2.41. The van der Waals surface area contributed by atoms with Crippen LogP contribution in [0.1, 0.15) is 27.7 Å². The molecule has 13 heteroatoms. The summed E-state index contributed by atoms with van der Waals surface area (Å²) in [5.41, 5.74) is 2.16. The third-order valence-corrected chi connectivity index (χ3v) is 6.67. The van der Waals surface area contributed by atoms with Crippen LogP contribution in [0, 0.1) is 0 Å². The topological polar surface area (TPSA) is 213 Å². The van der Waals surface area contributed by atoms with Crippen LogP contribution < -0.4 is 0 Å². The van der Waals surface area contributed by atoms with Gasteiger partial charge in [-0.15, -0.1) is 0 Å². The predicted molar refractivity (Wildman–Crippen MR) is 157 cm³/mol. The minimum absolute atomic E-state index is 0.151. The number of carbonyl (C=O) groups is 2. The Morgan fingerprint density at radius 2 is 1.25 bits per heavy atom. The Morgan fingerprint density at radius 1 is 0.705 bits per heavy atom. The first-order valence-electron chi connectivity index (χ1n) is 13.9. The van der Waals surface area contributed by atoms with E-state index in [1.807, 2.05) is 38.2 Å². The van der Waals surface area contributed by atoms with Crippen molar-refractivity contribution in [2.45, 2.75) is 83.0 Å². The van der Waals surface area contributed by atoms with Crippen LogP contribution in [0.5, 0.6) is 0 Å². The number of carbonyl (C=O) groups excluding carboxylic acids is 1. The summed E-state index contributed by atoms with van der Waals surface area (Å²) in [6.07, 6.45) is 3.22. The monoisotopic (exact) mass is 622 g/mol. The van der Waals surface area contributed by atoms with Gasteiger partial charge in [0, 0.05) is 11.1 Å². The van der Waals surface area contributed by atoms with Crippen molar-refractivity contribution < 1.29 is 64.3 Å². The number of hydrogen-bond donors (Lipinski definition) is 7. The van der Waals surface area contributed by atoms with Crippen LogP contribution in [0.2, 0.25) is 0 Å². The Morgan fingerprint density at radius 3 is 1.82 bits per heavy atom. The largest absolute Gasteiger partial charge is 0.478 e. The Bertz CT molecular complexity index is 1190. The molecule has 0 aromatic rings. The van der Waals surface area contributed by atoms with Crippen LogP contribution in [0.25, 0.3) is 0 Å². The van der Waals surface area contributed by atoms with Gasteiger partial charge >= 0.3 is 11.9 Å². The molecule has 2 heterocycles. The van der Waals surface area contributed by atoms with Crippen molar-refractivity contribution in [1.82, 2.24) is 0 Å². The second-order valence-corrected chi connectivity index (χ2v) is 10.4. The van der Waals surface area contributed by atoms with Crippen molar-refractivity contribution >= 4 is 11.9 Å². The number of aliphatic hydroxyl groups excluding tert-OH is 6. The Hall–Kier alpha value is -3.24. The molecule has 0 aromatic carbocycles. The number of rotatable bonds is 12. The fraction of sp³-hybridized carbons (Fsp3) is 0.484. The number of carboxylic acid groups (broad SMARTS) is 1. The normalized spacial score (nSPS) is 33.0. The van der Waals surface area contributed by atoms with Crippen LogP contribution >= 0.6 is 0 Å². The van der Waals surface area contributed by atoms with Gasteiger partial charge in [-0.25, -0.2) is 9.59 Å². The average molecular weight is 623 g/mol. The molecule has 244 valence electrons. The van der Waals surface area contributed by atoms with E-state index in [2.05, 4.69) is 0 Å². The van der Waals surface area contributed by atoms with Crippen LogP contribution in [0.4, 0.5) is 0 Å². The van der Waals surface area contributed by atoms with Gasteiger partial charge in [0.05, 0.1) is 13.2 Å². The Balaban J connectivity index is 1.91. The lowest BCUT2D eigenvalue weighted by Crippen LogP contribution is -2.60. The summed E-state index contributed by atoms with van der Waals surface area (Å²) < 4.78 is 21.1. The number of hydrogen-bond acceptors (Lipinski definition) is 12. The van der Waals surface area contributed by atoms with Crippen molar-refractivity contribution in [3.05, 3.63) is 83.1 Å². The van der Waals surface area contributed by atoms with E-state index < -0.39 is 73.9 Å². The van der Waals surface area contributed by atoms with E-state index in [1.54, 1.807) is 24.3 Å². The van der Waals surface area contributed by atoms with Crippen LogP contribution in [0.15, 0.2) is 83.1 Å². The standard InChI is InChI=1S/C31H42O13/c1-17(11-7-13-19(3)28(38)39)9-5-6-10-18(2)12-8-14-20(4)29(40)44-31-27(37)25(35)24(34)22(43-31)16-42-30-26(36)23(33)21(32)15-41-30/h5-14,21-27,30-37H,15-16H2,1-4H3,(H,38,39)/b6-5+,11-7+,12-8+,17-9+,18-10+,19-13+,20-14+/t21-,22?,23?,24-,25?,26?,27?,30+,31+/m1/s1. The van der Waals surface area contributed by atoms with Gasteiger partial charge in [0.2, 0.25) is 6.29 Å². The molecule has 2 saturated heterocycles. The second-order valence-electron chi connectivity index (χ2n) is 10.4. The van der Waals surface area contributed by atoms with Crippen LogP contribution in [0.3, 0.4) is 0 Å². The summed E-state index contributed by atoms with van der Waals surface area (Å²) in [4.78, 5) is 23.4. The molecule has 0 radical (unpaired) electrons. The molecule has 0 bridgehead atoms. The lowest BCUT2D eigenvalue weighted by molar-refractivity contribution is -0.314. The van der Waals surface area contributed by atoms with E-state index in [0.29, 0.717) is 0 Å². The second kappa shape index (κ2) is 17.9. The van der Waals surface area contributed by atoms with Gasteiger partial charge in [-0.05, 0) is 27.7 Å². The molecule has 2 aliphatic rings. The van der Waals surface area contributed by atoms with Gasteiger partial charge in [0.15, 0.2) is 6.29 Å². The number of aliphatic carboxylic acids is 1. The van der Waals surface area contributed by atoms with E-state index in [1.165, 1.54) is 26.0 Å². The number of ether oxygens (including phenoxy) is 4. The minimum Gasteiger partial charge on any atom is -0.478 e. The Kier molecular flexibility index (Phi) is 15.0. The molecular formula is C31H42O13. The molecule has 2 aliphatic heterocycles. The quantitative estimate of drug-likeness (QED) is 0.0889. The summed E-state index contributed by atoms with van der Waals surface area (Å²) in [5.74, 6) is -1.83. The van der Waals surface area contributed by atoms with Gasteiger partial charge in [-0.1, -0.05) is 71.9 Å². The highest BCUT2D eigenvalue weighted by molar-refractivity contribution is 5.88. The fourth-order valence-corrected chi connectivity index (χ4v) is 3.82. The maximum absolute atomic E-state index is 12.6. The van der Waals surface area contributed by atoms with Gasteiger partial charge in [0.25, 0.3) is 0 Å². The van der Waals surface area contributed by atoms with Crippen LogP contribution in [-0.4, -0.2) is 116 Å². The SMILES string of the molecule is CC(/C=C/C=C(\C)C(=O)O)=C\C=C\C=C(C)\C=C\C=C(/C)C(=O)O[C@@H]1OC(CO[C@@H]2OC[C@@H](O)C(O)C2O)[C@@H](O)C(O)C1O. The van der Waals surface area contributed by atoms with Crippen molar-refractivity contribution in [3.8, 4) is 0 Å². The predicted octanol–water partition coefficient (Wildman–Crippen LogP) is 0.331. The van der Waals surface area contributed by atoms with Crippen molar-refractivity contribution in [2.75, 3.05) is 13.2 Å². The molecule has 0 saturated carbocycles. The molecule has 0 aromatic heterocycles. The lowest BCUT2D eigenvalue weighted by atomic mass is 9.99. The highest BCUT2D eigenvalue weighted by Gasteiger charge is 2.47. The first kappa shape index (κ1) is 36.9. The smallest absolute Gasteiger partial charge is 0.336 e. The van der Waals surface area contributed by atoms with E-state index >= 15 is 0 Å². The Labute approximate surface area is 255 Å². The molecule has 0 amide bonds. The highest BCUT2D eigenvalue weighted by Crippen LogP contribution is 2.25. The molecule has 0 spiro atoms. The molecule has 2 fully saturated rings. The van der Waals surface area contributed by atoms with E-state index in [0.717, 1.165) is 11.1 Å². The average Bonchev–Trinajstić information content (AvgIpc) is 2.98. The number of aliphatic hydroxyl groups is 6. The zero-order valence-corrected chi connectivity index (χ0v) is 25.0. The van der Waals surface area contributed by atoms with Gasteiger partial charge in [-0.2, -0.15) is 0 Å². The van der Waals surface area contributed by atoms with Gasteiger partial charge < -0.3 is 54.7 Å². The summed E-state index contributed by atoms with van der Waals surface area (Å²) >= 11 is 0. The molecule has 44 heavy (non-hydrogen) atoms. The van der Waals surface area contributed by atoms with E-state index in [4.69, 9.17) is 24.1 Å². The van der Waals surface area contributed by atoms with Crippen molar-refractivity contribution in [3.63, 3.8) is 0 Å². The molecular weight excluding hydrogens is 580 g/mol. The number of carboxylic acids is 1. The molecule has 7 N–H and O–H groups in total. The van der Waals surface area contributed by atoms with E-state index in [9.17, 15) is 40.2 Å². The van der Waals surface area contributed by atoms with Gasteiger partial charge in [0.1, 0.15) is 42.7 Å². The van der Waals surface area contributed by atoms with Crippen molar-refractivity contribution in [2.24, 2.45) is 0 Å². The summed E-state index contributed by atoms with van der Waals surface area (Å²) in [5, 5.41) is 69.0. The van der Waals surface area contributed by atoms with Gasteiger partial charge in [-0.3, -0.25) is 0 Å². The van der Waals surface area contributed by atoms with E-state index in [-0.39, 0.29) is 17.8 Å². The number of esters is 1. The third-order valence-electron chi connectivity index (χ3n) is 6.67. The molecule has 2 rings (SSSR count). The molecule has 5 unspecified atom stereocenters. The number of allylic oxidation sites excluding steroid dienone is 12. The summed E-state index contributed by atoms with van der Waals surface area (Å²) in [6.45, 7) is 5.92. The zero-order chi connectivity index (χ0) is 33.0. The molecule has 0 aliphatic carbocycles. The first-order valence-corrected chi connectivity index (χ1v) is 13.9. The highest BCUT2D eigenvalue weighted by atomic mass is 16.7. The molecule has 9 atom stereocenters. The maximum atomic E-state index is 12.6. The minimum atomic E-state index is -1.77. The first-order chi connectivity index (χ1) is 20.7. The maximum Gasteiger partial charge on any atom is 0.336 e. The summed E-state index contributed by atoms with van der Waals surface area (Å²) in [7, 11) is 0. The fourth-order valence-electron chi connectivity index (χ4n) is 3.82. The third kappa shape index (κ3) is 11.4. The van der Waals surface area contributed by atoms with Crippen molar-refractivity contribution in [1.29, 1.82) is 0 Å². The summed E-state index contributed by atoms with van der Waals surface area (Å²) in [6, 6.07) is 0. The zero-order valence-electron chi connectivity index (χ0n) is 25.0. The van der Waals surface area contributed by atoms with Crippen LogP contribution in [-0.2, 0) is 28.5 Å².